The van der Waals surface area contributed by atoms with Crippen molar-refractivity contribution >= 4 is 17.7 Å². The van der Waals surface area contributed by atoms with E-state index in [9.17, 15) is 4.79 Å². The third-order valence-electron chi connectivity index (χ3n) is 2.15. The minimum Gasteiger partial charge on any atom is -0.478 e. The molecule has 0 bridgehead atoms. The summed E-state index contributed by atoms with van der Waals surface area (Å²) in [6.45, 7) is 9.42. The molecule has 0 aromatic carbocycles. The fourth-order valence-electron chi connectivity index (χ4n) is 1.22. The Labute approximate surface area is 96.5 Å². The Morgan fingerprint density at radius 3 is 2.47 bits per heavy atom. The molecule has 88 valence electrons. The Morgan fingerprint density at radius 1 is 1.40 bits per heavy atom. The first-order chi connectivity index (χ1) is 7.10. The Bertz CT molecular complexity index is 213. The molecule has 15 heavy (non-hydrogen) atoms. The normalized spacial score (nSPS) is 12.1. The number of carboxylic acid groups (broad SMARTS) is 1. The number of aliphatic carboxylic acids is 1. The van der Waals surface area contributed by atoms with Crippen LogP contribution in [0.3, 0.4) is 0 Å². The Hall–Kier alpha value is -0.480. The van der Waals surface area contributed by atoms with Gasteiger partial charge in [0.1, 0.15) is 0 Å². The molecule has 0 heterocycles. The molecule has 4 heteroatoms. The fourth-order valence-corrected chi connectivity index (χ4v) is 2.16. The summed E-state index contributed by atoms with van der Waals surface area (Å²) in [5.74, 6) is 1.02. The average Bonchev–Trinajstić information content (AvgIpc) is 2.17. The summed E-state index contributed by atoms with van der Waals surface area (Å²) in [6, 6.07) is 0. The first-order valence-corrected chi connectivity index (χ1v) is 6.45. The van der Waals surface area contributed by atoms with Crippen LogP contribution in [-0.2, 0) is 4.79 Å². The molecule has 0 radical (unpaired) electrons. The topological polar surface area (TPSA) is 40.5 Å². The van der Waals surface area contributed by atoms with Gasteiger partial charge in [-0.05, 0) is 20.0 Å². The lowest BCUT2D eigenvalue weighted by molar-refractivity contribution is -0.131. The maximum absolute atomic E-state index is 10.3. The molecule has 0 aliphatic carbocycles. The summed E-state index contributed by atoms with van der Waals surface area (Å²) < 4.78 is 0. The molecule has 0 aromatic rings. The third kappa shape index (κ3) is 8.51. The van der Waals surface area contributed by atoms with Crippen LogP contribution < -0.4 is 0 Å². The number of carboxylic acids is 1. The molecule has 0 atom stereocenters. The second kappa shape index (κ2) is 8.80. The molecule has 0 aliphatic rings. The van der Waals surface area contributed by atoms with Crippen LogP contribution in [0.5, 0.6) is 0 Å². The number of rotatable bonds is 8. The van der Waals surface area contributed by atoms with Crippen LogP contribution in [0.25, 0.3) is 0 Å². The molecule has 0 spiro atoms. The van der Waals surface area contributed by atoms with Gasteiger partial charge in [-0.2, -0.15) is 11.8 Å². The molecule has 0 rings (SSSR count). The van der Waals surface area contributed by atoms with Gasteiger partial charge in [-0.15, -0.1) is 0 Å². The highest BCUT2D eigenvalue weighted by atomic mass is 32.2. The van der Waals surface area contributed by atoms with Gasteiger partial charge in [0.15, 0.2) is 0 Å². The lowest BCUT2D eigenvalue weighted by Crippen LogP contribution is -2.25. The summed E-state index contributed by atoms with van der Waals surface area (Å²) in [5, 5.41) is 8.51. The zero-order valence-electron chi connectivity index (χ0n) is 9.82. The van der Waals surface area contributed by atoms with E-state index in [1.54, 1.807) is 11.8 Å². The molecular weight excluding hydrogens is 210 g/mol. The number of hydrogen-bond donors (Lipinski definition) is 1. The highest BCUT2D eigenvalue weighted by Gasteiger charge is 1.99. The molecule has 0 unspecified atom stereocenters. The van der Waals surface area contributed by atoms with E-state index >= 15 is 0 Å². The predicted octanol–water partition coefficient (Wildman–Crippen LogP) is 2.09. The van der Waals surface area contributed by atoms with Gasteiger partial charge >= 0.3 is 5.97 Å². The standard InChI is InChI=1S/C11H21NO2S/c1-4-12(5-2)6-7-15-9-10(3)8-11(13)14/h8H,4-7,9H2,1-3H3,(H,13,14). The van der Waals surface area contributed by atoms with E-state index in [-0.39, 0.29) is 0 Å². The van der Waals surface area contributed by atoms with Crippen LogP contribution in [0, 0.1) is 0 Å². The van der Waals surface area contributed by atoms with E-state index in [0.29, 0.717) is 0 Å². The fraction of sp³-hybridized carbons (Fsp3) is 0.727. The van der Waals surface area contributed by atoms with Crippen molar-refractivity contribution < 1.29 is 9.90 Å². The largest absolute Gasteiger partial charge is 0.478 e. The summed E-state index contributed by atoms with van der Waals surface area (Å²) in [6.07, 6.45) is 1.28. The summed E-state index contributed by atoms with van der Waals surface area (Å²) >= 11 is 1.79. The van der Waals surface area contributed by atoms with Gasteiger partial charge in [0, 0.05) is 24.1 Å². The zero-order valence-corrected chi connectivity index (χ0v) is 10.6. The maximum Gasteiger partial charge on any atom is 0.328 e. The van der Waals surface area contributed by atoms with Crippen molar-refractivity contribution in [1.82, 2.24) is 4.90 Å². The SMILES string of the molecule is CCN(CC)CCSCC(C)=CC(=O)O. The second-order valence-corrected chi connectivity index (χ2v) is 4.51. The molecule has 0 saturated heterocycles. The molecule has 0 amide bonds. The molecule has 3 nitrogen and oxygen atoms in total. The van der Waals surface area contributed by atoms with E-state index in [4.69, 9.17) is 5.11 Å². The van der Waals surface area contributed by atoms with Crippen LogP contribution in [0.4, 0.5) is 0 Å². The first kappa shape index (κ1) is 14.5. The molecular formula is C11H21NO2S. The van der Waals surface area contributed by atoms with Crippen LogP contribution >= 0.6 is 11.8 Å². The van der Waals surface area contributed by atoms with Crippen LogP contribution in [0.15, 0.2) is 11.6 Å². The molecule has 0 fully saturated rings. The monoisotopic (exact) mass is 231 g/mol. The van der Waals surface area contributed by atoms with E-state index in [1.807, 2.05) is 6.92 Å². The van der Waals surface area contributed by atoms with Gasteiger partial charge < -0.3 is 10.0 Å². The van der Waals surface area contributed by atoms with Crippen molar-refractivity contribution in [2.24, 2.45) is 0 Å². The minimum absolute atomic E-state index is 0.813. The van der Waals surface area contributed by atoms with Crippen molar-refractivity contribution in [2.45, 2.75) is 20.8 Å². The van der Waals surface area contributed by atoms with Crippen molar-refractivity contribution in [1.29, 1.82) is 0 Å². The van der Waals surface area contributed by atoms with Gasteiger partial charge in [0.05, 0.1) is 0 Å². The Balaban J connectivity index is 3.58. The van der Waals surface area contributed by atoms with Gasteiger partial charge in [-0.25, -0.2) is 4.79 Å². The number of carbonyl (C=O) groups is 1. The van der Waals surface area contributed by atoms with E-state index in [1.165, 1.54) is 6.08 Å². The Morgan fingerprint density at radius 2 is 2.00 bits per heavy atom. The quantitative estimate of drug-likeness (QED) is 0.513. The first-order valence-electron chi connectivity index (χ1n) is 5.30. The van der Waals surface area contributed by atoms with Gasteiger partial charge in [-0.1, -0.05) is 19.4 Å². The summed E-state index contributed by atoms with van der Waals surface area (Å²) in [7, 11) is 0. The number of nitrogens with zero attached hydrogens (tertiary/aromatic N) is 1. The van der Waals surface area contributed by atoms with Crippen LogP contribution in [-0.4, -0.2) is 47.1 Å². The second-order valence-electron chi connectivity index (χ2n) is 3.41. The zero-order chi connectivity index (χ0) is 11.7. The maximum atomic E-state index is 10.3. The predicted molar refractivity (Wildman–Crippen MR) is 66.5 cm³/mol. The van der Waals surface area contributed by atoms with E-state index in [2.05, 4.69) is 18.7 Å². The minimum atomic E-state index is -0.850. The number of thioether (sulfide) groups is 1. The molecule has 0 aliphatic heterocycles. The molecule has 0 saturated carbocycles. The molecule has 1 N–H and O–H groups in total. The van der Waals surface area contributed by atoms with Gasteiger partial charge in [-0.3, -0.25) is 0 Å². The lowest BCUT2D eigenvalue weighted by atomic mass is 10.3. The van der Waals surface area contributed by atoms with E-state index < -0.39 is 5.97 Å². The lowest BCUT2D eigenvalue weighted by Gasteiger charge is -2.17. The third-order valence-corrected chi connectivity index (χ3v) is 3.28. The van der Waals surface area contributed by atoms with Crippen molar-refractivity contribution in [3.63, 3.8) is 0 Å². The highest BCUT2D eigenvalue weighted by molar-refractivity contribution is 7.99. The van der Waals surface area contributed by atoms with Crippen molar-refractivity contribution in [3.05, 3.63) is 11.6 Å². The summed E-state index contributed by atoms with van der Waals surface area (Å²) in [5.41, 5.74) is 0.923. The van der Waals surface area contributed by atoms with Crippen molar-refractivity contribution in [2.75, 3.05) is 31.1 Å². The Kier molecular flexibility index (Phi) is 8.52. The van der Waals surface area contributed by atoms with Crippen LogP contribution in [0.1, 0.15) is 20.8 Å². The van der Waals surface area contributed by atoms with E-state index in [0.717, 1.165) is 36.7 Å². The summed E-state index contributed by atoms with van der Waals surface area (Å²) in [4.78, 5) is 12.7. The highest BCUT2D eigenvalue weighted by Crippen LogP contribution is 2.07. The smallest absolute Gasteiger partial charge is 0.328 e. The van der Waals surface area contributed by atoms with Gasteiger partial charge in [0.2, 0.25) is 0 Å². The van der Waals surface area contributed by atoms with Gasteiger partial charge in [0.25, 0.3) is 0 Å². The number of hydrogen-bond acceptors (Lipinski definition) is 3. The van der Waals surface area contributed by atoms with Crippen LogP contribution in [0.2, 0.25) is 0 Å². The average molecular weight is 231 g/mol. The van der Waals surface area contributed by atoms with Crippen molar-refractivity contribution in [3.8, 4) is 0 Å². The molecule has 0 aromatic heterocycles.